The lowest BCUT2D eigenvalue weighted by Crippen LogP contribution is -2.53. The molecule has 3 rings (SSSR count). The first kappa shape index (κ1) is 21.3. The molecule has 1 N–H and O–H groups in total. The van der Waals surface area contributed by atoms with Crippen molar-refractivity contribution in [3.8, 4) is 5.75 Å². The van der Waals surface area contributed by atoms with Gasteiger partial charge in [-0.2, -0.15) is 0 Å². The number of carbonyl (C=O) groups excluding carboxylic acids is 2. The molecule has 0 aliphatic carbocycles. The summed E-state index contributed by atoms with van der Waals surface area (Å²) >= 11 is 3.36. The fourth-order valence-corrected chi connectivity index (χ4v) is 3.69. The van der Waals surface area contributed by atoms with Crippen LogP contribution in [0.25, 0.3) is 0 Å². The van der Waals surface area contributed by atoms with Crippen LogP contribution in [0.15, 0.2) is 53.0 Å². The van der Waals surface area contributed by atoms with Gasteiger partial charge in [0.25, 0.3) is 11.8 Å². The van der Waals surface area contributed by atoms with Crippen molar-refractivity contribution in [2.75, 3.05) is 25.0 Å². The summed E-state index contributed by atoms with van der Waals surface area (Å²) in [5, 5.41) is 2.77. The van der Waals surface area contributed by atoms with Crippen LogP contribution in [0, 0.1) is 0 Å². The van der Waals surface area contributed by atoms with Crippen molar-refractivity contribution in [2.45, 2.75) is 32.5 Å². The highest BCUT2D eigenvalue weighted by Crippen LogP contribution is 2.26. The van der Waals surface area contributed by atoms with Crippen LogP contribution in [-0.4, -0.2) is 48.1 Å². The highest BCUT2D eigenvalue weighted by Gasteiger charge is 2.34. The molecule has 1 unspecified atom stereocenters. The zero-order valence-corrected chi connectivity index (χ0v) is 18.4. The molecule has 2 amide bonds. The molecule has 7 heteroatoms. The van der Waals surface area contributed by atoms with Crippen molar-refractivity contribution in [3.63, 3.8) is 0 Å². The zero-order chi connectivity index (χ0) is 21.0. The Hall–Kier alpha value is -2.38. The van der Waals surface area contributed by atoms with Gasteiger partial charge in [-0.1, -0.05) is 28.1 Å². The zero-order valence-electron chi connectivity index (χ0n) is 16.8. The molecule has 6 nitrogen and oxygen atoms in total. The number of rotatable bonds is 5. The predicted molar refractivity (Wildman–Crippen MR) is 115 cm³/mol. The number of halogens is 1. The number of hydrogen-bond acceptors (Lipinski definition) is 4. The number of benzene rings is 2. The fraction of sp³-hybridized carbons (Fsp3) is 0.364. The number of hydrogen-bond donors (Lipinski definition) is 1. The molecular weight excluding hydrogens is 436 g/mol. The van der Waals surface area contributed by atoms with Crippen molar-refractivity contribution in [1.82, 2.24) is 4.90 Å². The van der Waals surface area contributed by atoms with Gasteiger partial charge in [-0.25, -0.2) is 0 Å². The Morgan fingerprint density at radius 2 is 1.90 bits per heavy atom. The molecule has 2 aromatic carbocycles. The van der Waals surface area contributed by atoms with Crippen LogP contribution >= 0.6 is 15.9 Å². The van der Waals surface area contributed by atoms with Crippen LogP contribution in [-0.2, 0) is 9.53 Å². The number of nitrogens with zero attached hydrogens (tertiary/aromatic N) is 1. The van der Waals surface area contributed by atoms with E-state index < -0.39 is 5.60 Å². The largest absolute Gasteiger partial charge is 0.483 e. The topological polar surface area (TPSA) is 67.9 Å². The van der Waals surface area contributed by atoms with Crippen molar-refractivity contribution in [1.29, 1.82) is 0 Å². The summed E-state index contributed by atoms with van der Waals surface area (Å²) in [6.07, 6.45) is -0.0486. The molecule has 154 valence electrons. The summed E-state index contributed by atoms with van der Waals surface area (Å²) in [5.74, 6) is -0.0340. The van der Waals surface area contributed by atoms with Gasteiger partial charge in [-0.05, 0) is 57.2 Å². The lowest BCUT2D eigenvalue weighted by molar-refractivity contribution is -0.118. The summed E-state index contributed by atoms with van der Waals surface area (Å²) in [4.78, 5) is 27.1. The SMILES string of the molecule is CC1CN(C(=O)c2ccccc2OCC(=O)Nc2ccc(Br)cc2)CC(C)(C)O1. The maximum absolute atomic E-state index is 13.1. The Morgan fingerprint density at radius 1 is 1.21 bits per heavy atom. The van der Waals surface area contributed by atoms with E-state index >= 15 is 0 Å². The molecule has 1 saturated heterocycles. The van der Waals surface area contributed by atoms with E-state index in [4.69, 9.17) is 9.47 Å². The molecule has 0 bridgehead atoms. The van der Waals surface area contributed by atoms with Crippen LogP contribution in [0.1, 0.15) is 31.1 Å². The molecule has 0 spiro atoms. The maximum Gasteiger partial charge on any atom is 0.262 e. The van der Waals surface area contributed by atoms with E-state index in [9.17, 15) is 9.59 Å². The predicted octanol–water partition coefficient (Wildman–Crippen LogP) is 4.11. The number of nitrogens with one attached hydrogen (secondary N) is 1. The van der Waals surface area contributed by atoms with Gasteiger partial charge in [0.15, 0.2) is 6.61 Å². The second-order valence-electron chi connectivity index (χ2n) is 7.71. The minimum atomic E-state index is -0.409. The van der Waals surface area contributed by atoms with E-state index in [-0.39, 0.29) is 24.5 Å². The van der Waals surface area contributed by atoms with Crippen LogP contribution in [0.4, 0.5) is 5.69 Å². The number of carbonyl (C=O) groups is 2. The van der Waals surface area contributed by atoms with Crippen molar-refractivity contribution in [3.05, 3.63) is 58.6 Å². The third-order valence-corrected chi connectivity index (χ3v) is 4.99. The van der Waals surface area contributed by atoms with E-state index in [1.165, 1.54) is 0 Å². The smallest absolute Gasteiger partial charge is 0.262 e. The Morgan fingerprint density at radius 3 is 2.59 bits per heavy atom. The highest BCUT2D eigenvalue weighted by atomic mass is 79.9. The van der Waals surface area contributed by atoms with Gasteiger partial charge in [0.2, 0.25) is 0 Å². The molecule has 1 atom stereocenters. The average Bonchev–Trinajstić information content (AvgIpc) is 2.66. The minimum absolute atomic E-state index is 0.0486. The number of morpholine rings is 1. The lowest BCUT2D eigenvalue weighted by Gasteiger charge is -2.41. The monoisotopic (exact) mass is 460 g/mol. The van der Waals surface area contributed by atoms with Gasteiger partial charge in [-0.15, -0.1) is 0 Å². The standard InChI is InChI=1S/C22H25BrN2O4/c1-15-12-25(14-22(2,3)29-15)21(27)18-6-4-5-7-19(18)28-13-20(26)24-17-10-8-16(23)9-11-17/h4-11,15H,12-14H2,1-3H3,(H,24,26). The molecule has 1 fully saturated rings. The van der Waals surface area contributed by atoms with Crippen LogP contribution in [0.5, 0.6) is 5.75 Å². The van der Waals surface area contributed by atoms with E-state index in [0.29, 0.717) is 30.1 Å². The molecule has 0 aromatic heterocycles. The van der Waals surface area contributed by atoms with Crippen molar-refractivity contribution < 1.29 is 19.1 Å². The molecular formula is C22H25BrN2O4. The second kappa shape index (κ2) is 8.97. The molecule has 1 heterocycles. The molecule has 1 aliphatic heterocycles. The van der Waals surface area contributed by atoms with Gasteiger partial charge < -0.3 is 19.7 Å². The van der Waals surface area contributed by atoms with Crippen molar-refractivity contribution in [2.24, 2.45) is 0 Å². The molecule has 2 aromatic rings. The molecule has 1 aliphatic rings. The van der Waals surface area contributed by atoms with Crippen LogP contribution < -0.4 is 10.1 Å². The summed E-state index contributed by atoms with van der Waals surface area (Å²) < 4.78 is 12.5. The first-order valence-corrected chi connectivity index (χ1v) is 10.3. The Labute approximate surface area is 179 Å². The summed E-state index contributed by atoms with van der Waals surface area (Å²) in [7, 11) is 0. The second-order valence-corrected chi connectivity index (χ2v) is 8.63. The van der Waals surface area contributed by atoms with E-state index in [1.54, 1.807) is 41.3 Å². The minimum Gasteiger partial charge on any atom is -0.483 e. The summed E-state index contributed by atoms with van der Waals surface area (Å²) in [5.41, 5.74) is 0.706. The van der Waals surface area contributed by atoms with E-state index in [0.717, 1.165) is 4.47 Å². The average molecular weight is 461 g/mol. The Balaban J connectivity index is 1.66. The lowest BCUT2D eigenvalue weighted by atomic mass is 10.0. The van der Waals surface area contributed by atoms with Gasteiger partial charge in [-0.3, -0.25) is 9.59 Å². The number of amides is 2. The first-order valence-electron chi connectivity index (χ1n) is 9.48. The Bertz CT molecular complexity index is 883. The van der Waals surface area contributed by atoms with Gasteiger partial charge in [0.05, 0.1) is 17.3 Å². The van der Waals surface area contributed by atoms with E-state index in [1.807, 2.05) is 32.9 Å². The third kappa shape index (κ3) is 5.81. The third-order valence-electron chi connectivity index (χ3n) is 4.46. The highest BCUT2D eigenvalue weighted by molar-refractivity contribution is 9.10. The number of para-hydroxylation sites is 1. The van der Waals surface area contributed by atoms with E-state index in [2.05, 4.69) is 21.2 Å². The van der Waals surface area contributed by atoms with Gasteiger partial charge in [0, 0.05) is 23.2 Å². The van der Waals surface area contributed by atoms with Crippen LogP contribution in [0.3, 0.4) is 0 Å². The number of ether oxygens (including phenoxy) is 2. The van der Waals surface area contributed by atoms with Gasteiger partial charge in [0.1, 0.15) is 5.75 Å². The normalized spacial score (nSPS) is 18.2. The number of anilines is 1. The summed E-state index contributed by atoms with van der Waals surface area (Å²) in [6.45, 7) is 6.71. The Kier molecular flexibility index (Phi) is 6.59. The molecule has 0 saturated carbocycles. The molecule has 29 heavy (non-hydrogen) atoms. The van der Waals surface area contributed by atoms with Crippen molar-refractivity contribution >= 4 is 33.4 Å². The fourth-order valence-electron chi connectivity index (χ4n) is 3.42. The van der Waals surface area contributed by atoms with Gasteiger partial charge >= 0.3 is 0 Å². The quantitative estimate of drug-likeness (QED) is 0.728. The first-order chi connectivity index (χ1) is 13.7. The summed E-state index contributed by atoms with van der Waals surface area (Å²) in [6, 6.07) is 14.3. The molecule has 0 radical (unpaired) electrons. The van der Waals surface area contributed by atoms with Crippen LogP contribution in [0.2, 0.25) is 0 Å². The maximum atomic E-state index is 13.1.